The normalized spacial score (nSPS) is 14.8. The van der Waals surface area contributed by atoms with Crippen molar-refractivity contribution in [2.45, 2.75) is 32.6 Å². The third-order valence-corrected chi connectivity index (χ3v) is 5.41. The van der Waals surface area contributed by atoms with Crippen LogP contribution in [0.2, 0.25) is 0 Å². The second-order valence-electron chi connectivity index (χ2n) is 5.97. The van der Waals surface area contributed by atoms with Gasteiger partial charge >= 0.3 is 5.97 Å². The molecule has 0 aromatic carbocycles. The number of thiazole rings is 1. The maximum absolute atomic E-state index is 11.7. The van der Waals surface area contributed by atoms with Gasteiger partial charge in [-0.1, -0.05) is 12.1 Å². The summed E-state index contributed by atoms with van der Waals surface area (Å²) in [6, 6.07) is 5.86. The Morgan fingerprint density at radius 2 is 2.21 bits per heavy atom. The minimum Gasteiger partial charge on any atom is -0.477 e. The summed E-state index contributed by atoms with van der Waals surface area (Å²) in [5.74, 6) is -0.908. The lowest BCUT2D eigenvalue weighted by Crippen LogP contribution is -2.00. The number of carboxylic acid groups (broad SMARTS) is 1. The van der Waals surface area contributed by atoms with Crippen LogP contribution in [0, 0.1) is 6.92 Å². The molecule has 0 fully saturated rings. The molecular weight excluding hydrogens is 322 g/mol. The van der Waals surface area contributed by atoms with Crippen molar-refractivity contribution < 1.29 is 9.90 Å². The molecule has 6 heteroatoms. The van der Waals surface area contributed by atoms with Gasteiger partial charge in [-0.2, -0.15) is 5.10 Å². The van der Waals surface area contributed by atoms with Gasteiger partial charge in [0.25, 0.3) is 0 Å². The molecule has 0 spiro atoms. The maximum Gasteiger partial charge on any atom is 0.348 e. The summed E-state index contributed by atoms with van der Waals surface area (Å²) in [6.45, 7) is 1.93. The van der Waals surface area contributed by atoms with Crippen LogP contribution in [0.5, 0.6) is 0 Å². The number of hydrogen-bond acceptors (Lipinski definition) is 4. The van der Waals surface area contributed by atoms with Crippen molar-refractivity contribution in [1.82, 2.24) is 14.6 Å². The molecule has 1 aliphatic rings. The summed E-state index contributed by atoms with van der Waals surface area (Å²) in [4.78, 5) is 16.8. The van der Waals surface area contributed by atoms with E-state index in [1.54, 1.807) is 0 Å². The molecule has 0 bridgehead atoms. The summed E-state index contributed by atoms with van der Waals surface area (Å²) < 4.78 is 1.81. The van der Waals surface area contributed by atoms with Crippen LogP contribution in [0.3, 0.4) is 0 Å². The third kappa shape index (κ3) is 2.43. The monoisotopic (exact) mass is 339 g/mol. The predicted octanol–water partition coefficient (Wildman–Crippen LogP) is 4.42. The Bertz CT molecular complexity index is 968. The van der Waals surface area contributed by atoms with Gasteiger partial charge in [0.05, 0.1) is 22.5 Å². The van der Waals surface area contributed by atoms with Crippen LogP contribution < -0.4 is 0 Å². The Morgan fingerprint density at radius 1 is 1.33 bits per heavy atom. The average Bonchev–Trinajstić information content (AvgIpc) is 3.16. The van der Waals surface area contributed by atoms with E-state index in [-0.39, 0.29) is 0 Å². The zero-order valence-electron chi connectivity index (χ0n) is 13.3. The molecular formula is C18H17N3O2S. The van der Waals surface area contributed by atoms with E-state index < -0.39 is 5.97 Å². The highest BCUT2D eigenvalue weighted by Crippen LogP contribution is 2.37. The minimum absolute atomic E-state index is 0.327. The molecule has 4 rings (SSSR count). The number of allylic oxidation sites excluding steroid dienone is 2. The Morgan fingerprint density at radius 3 is 2.96 bits per heavy atom. The summed E-state index contributed by atoms with van der Waals surface area (Å²) in [5.41, 5.74) is 4.43. The number of carboxylic acids is 1. The molecule has 122 valence electrons. The number of aromatic carboxylic acids is 1. The van der Waals surface area contributed by atoms with Crippen molar-refractivity contribution in [1.29, 1.82) is 0 Å². The van der Waals surface area contributed by atoms with E-state index >= 15 is 0 Å². The largest absolute Gasteiger partial charge is 0.477 e. The van der Waals surface area contributed by atoms with Crippen molar-refractivity contribution >= 4 is 28.4 Å². The van der Waals surface area contributed by atoms with Gasteiger partial charge in [-0.3, -0.25) is 0 Å². The Hall–Kier alpha value is -2.47. The molecule has 0 saturated carbocycles. The first-order valence-electron chi connectivity index (χ1n) is 8.03. The number of carbonyl (C=O) groups is 1. The quantitative estimate of drug-likeness (QED) is 0.767. The van der Waals surface area contributed by atoms with Crippen LogP contribution in [-0.2, 0) is 0 Å². The Labute approximate surface area is 143 Å². The zero-order valence-corrected chi connectivity index (χ0v) is 14.1. The van der Waals surface area contributed by atoms with Crippen LogP contribution in [0.4, 0.5) is 0 Å². The molecule has 0 unspecified atom stereocenters. The molecule has 3 aromatic heterocycles. The van der Waals surface area contributed by atoms with E-state index in [1.807, 2.05) is 35.8 Å². The van der Waals surface area contributed by atoms with Crippen LogP contribution in [-0.4, -0.2) is 25.7 Å². The lowest BCUT2D eigenvalue weighted by Gasteiger charge is -2.10. The molecule has 0 aliphatic heterocycles. The third-order valence-electron chi connectivity index (χ3n) is 4.35. The van der Waals surface area contributed by atoms with Gasteiger partial charge in [0.15, 0.2) is 0 Å². The zero-order chi connectivity index (χ0) is 16.7. The number of hydrogen-bond donors (Lipinski definition) is 1. The van der Waals surface area contributed by atoms with Gasteiger partial charge in [0.2, 0.25) is 0 Å². The molecule has 0 amide bonds. The summed E-state index contributed by atoms with van der Waals surface area (Å²) in [5, 5.41) is 14.8. The van der Waals surface area contributed by atoms with Crippen LogP contribution >= 0.6 is 11.3 Å². The van der Waals surface area contributed by atoms with E-state index in [1.165, 1.54) is 11.3 Å². The van der Waals surface area contributed by atoms with Gasteiger partial charge in [-0.05, 0) is 50.3 Å². The Balaban J connectivity index is 1.91. The number of nitrogens with zero attached hydrogens (tertiary/aromatic N) is 3. The lowest BCUT2D eigenvalue weighted by molar-refractivity contribution is 0.0701. The van der Waals surface area contributed by atoms with Gasteiger partial charge in [-0.25, -0.2) is 14.3 Å². The molecule has 0 saturated heterocycles. The second-order valence-corrected chi connectivity index (χ2v) is 6.97. The molecule has 5 nitrogen and oxygen atoms in total. The van der Waals surface area contributed by atoms with E-state index in [0.717, 1.165) is 53.0 Å². The van der Waals surface area contributed by atoms with E-state index in [4.69, 9.17) is 4.98 Å². The van der Waals surface area contributed by atoms with Gasteiger partial charge in [0.1, 0.15) is 9.88 Å². The molecule has 1 aliphatic carbocycles. The molecule has 3 heterocycles. The highest BCUT2D eigenvalue weighted by atomic mass is 32.1. The molecule has 0 radical (unpaired) electrons. The first kappa shape index (κ1) is 15.1. The van der Waals surface area contributed by atoms with Gasteiger partial charge in [0, 0.05) is 6.20 Å². The molecule has 24 heavy (non-hydrogen) atoms. The van der Waals surface area contributed by atoms with Crippen molar-refractivity contribution in [2.24, 2.45) is 0 Å². The topological polar surface area (TPSA) is 67.5 Å². The summed E-state index contributed by atoms with van der Waals surface area (Å²) >= 11 is 1.24. The fraction of sp³-hybridized carbons (Fsp3) is 0.278. The van der Waals surface area contributed by atoms with Crippen molar-refractivity contribution in [3.05, 3.63) is 46.7 Å². The standard InChI is InChI=1S/C18H17N3O2S/c1-11-14(13-9-5-6-10-21(13)20-11)17-19-15(16(24-17)18(22)23)12-7-3-2-4-8-12/h5-7,9-10H,2-4,8H2,1H3,(H,22,23). The van der Waals surface area contributed by atoms with Crippen LogP contribution in [0.1, 0.15) is 46.7 Å². The molecule has 0 atom stereocenters. The SMILES string of the molecule is Cc1nn2ccccc2c1-c1nc(C2=CCCCC2)c(C(=O)O)s1. The van der Waals surface area contributed by atoms with Crippen LogP contribution in [0.15, 0.2) is 30.5 Å². The fourth-order valence-corrected chi connectivity index (χ4v) is 4.27. The number of aromatic nitrogens is 3. The van der Waals surface area contributed by atoms with E-state index in [0.29, 0.717) is 10.6 Å². The first-order valence-corrected chi connectivity index (χ1v) is 8.84. The van der Waals surface area contributed by atoms with Crippen molar-refractivity contribution in [3.63, 3.8) is 0 Å². The fourth-order valence-electron chi connectivity index (χ4n) is 3.22. The average molecular weight is 339 g/mol. The summed E-state index contributed by atoms with van der Waals surface area (Å²) in [6.07, 6.45) is 8.18. The van der Waals surface area contributed by atoms with E-state index in [2.05, 4.69) is 11.2 Å². The maximum atomic E-state index is 11.7. The molecule has 3 aromatic rings. The minimum atomic E-state index is -0.908. The second kappa shape index (κ2) is 5.87. The molecule has 1 N–H and O–H groups in total. The smallest absolute Gasteiger partial charge is 0.348 e. The number of fused-ring (bicyclic) bond motifs is 1. The lowest BCUT2D eigenvalue weighted by atomic mass is 9.96. The number of rotatable bonds is 3. The van der Waals surface area contributed by atoms with Crippen LogP contribution in [0.25, 0.3) is 21.7 Å². The van der Waals surface area contributed by atoms with Crippen molar-refractivity contribution in [3.8, 4) is 10.6 Å². The highest BCUT2D eigenvalue weighted by Gasteiger charge is 2.24. The van der Waals surface area contributed by atoms with Gasteiger partial charge in [-0.15, -0.1) is 11.3 Å². The number of pyridine rings is 1. The predicted molar refractivity (Wildman–Crippen MR) is 94.4 cm³/mol. The van der Waals surface area contributed by atoms with E-state index in [9.17, 15) is 9.90 Å². The first-order chi connectivity index (χ1) is 11.6. The van der Waals surface area contributed by atoms with Gasteiger partial charge < -0.3 is 5.11 Å². The Kier molecular flexibility index (Phi) is 3.69. The number of aryl methyl sites for hydroxylation is 1. The summed E-state index contributed by atoms with van der Waals surface area (Å²) in [7, 11) is 0. The van der Waals surface area contributed by atoms with Crippen molar-refractivity contribution in [2.75, 3.05) is 0 Å². The highest BCUT2D eigenvalue weighted by molar-refractivity contribution is 7.17.